The van der Waals surface area contributed by atoms with Crippen molar-refractivity contribution < 1.29 is 0 Å². The summed E-state index contributed by atoms with van der Waals surface area (Å²) in [6.07, 6.45) is 5.84. The molecule has 0 saturated carbocycles. The molecule has 2 aromatic rings. The highest BCUT2D eigenvalue weighted by Crippen LogP contribution is 2.22. The Morgan fingerprint density at radius 3 is 2.63 bits per heavy atom. The van der Waals surface area contributed by atoms with E-state index in [9.17, 15) is 0 Å². The van der Waals surface area contributed by atoms with E-state index in [1.807, 2.05) is 13.0 Å². The normalized spacial score (nSPS) is 15.1. The van der Waals surface area contributed by atoms with Crippen molar-refractivity contribution >= 4 is 5.82 Å². The number of nitrogens with zero attached hydrogens (tertiary/aromatic N) is 4. The van der Waals surface area contributed by atoms with Gasteiger partial charge in [-0.15, -0.1) is 0 Å². The minimum Gasteiger partial charge on any atom is -0.383 e. The van der Waals surface area contributed by atoms with Crippen molar-refractivity contribution in [3.8, 4) is 5.95 Å². The van der Waals surface area contributed by atoms with Crippen LogP contribution in [0.2, 0.25) is 0 Å². The summed E-state index contributed by atoms with van der Waals surface area (Å²) in [7, 11) is 0. The zero-order valence-electron chi connectivity index (χ0n) is 11.5. The number of fused-ring (bicyclic) bond motifs is 1. The number of anilines is 1. The first kappa shape index (κ1) is 12.1. The minimum atomic E-state index is 0.588. The van der Waals surface area contributed by atoms with E-state index >= 15 is 0 Å². The van der Waals surface area contributed by atoms with Crippen LogP contribution >= 0.6 is 0 Å². The fraction of sp³-hybridized carbons (Fsp3) is 0.500. The summed E-state index contributed by atoms with van der Waals surface area (Å²) in [6, 6.07) is 1.84. The highest BCUT2D eigenvalue weighted by atomic mass is 15.4. The van der Waals surface area contributed by atoms with Gasteiger partial charge in [-0.05, 0) is 45.1 Å². The summed E-state index contributed by atoms with van der Waals surface area (Å²) in [6.45, 7) is 3.98. The highest BCUT2D eigenvalue weighted by Gasteiger charge is 2.16. The van der Waals surface area contributed by atoms with Crippen molar-refractivity contribution in [1.29, 1.82) is 0 Å². The van der Waals surface area contributed by atoms with Crippen LogP contribution in [0.25, 0.3) is 5.95 Å². The van der Waals surface area contributed by atoms with E-state index < -0.39 is 0 Å². The molecule has 0 atom stereocenters. The molecule has 19 heavy (non-hydrogen) atoms. The number of hydrogen-bond acceptors (Lipinski definition) is 4. The molecule has 5 nitrogen and oxygen atoms in total. The Morgan fingerprint density at radius 2 is 1.89 bits per heavy atom. The standard InChI is InChI=1S/C14H19N5/c1-9-8-13(15)19(18-9)14-16-10(2)11-6-4-3-5-7-12(11)17-14/h8H,3-7,15H2,1-2H3. The van der Waals surface area contributed by atoms with E-state index in [0.717, 1.165) is 24.2 Å². The van der Waals surface area contributed by atoms with Crippen molar-refractivity contribution in [3.05, 3.63) is 28.7 Å². The van der Waals surface area contributed by atoms with Gasteiger partial charge in [0.15, 0.2) is 0 Å². The average molecular weight is 257 g/mol. The van der Waals surface area contributed by atoms with E-state index in [1.165, 1.54) is 30.5 Å². The lowest BCUT2D eigenvalue weighted by Crippen LogP contribution is -2.11. The molecule has 2 N–H and O–H groups in total. The molecule has 0 bridgehead atoms. The third-order valence-electron chi connectivity index (χ3n) is 3.68. The van der Waals surface area contributed by atoms with Crippen LogP contribution in [0.1, 0.15) is 41.9 Å². The van der Waals surface area contributed by atoms with Gasteiger partial charge in [0.25, 0.3) is 5.95 Å². The third-order valence-corrected chi connectivity index (χ3v) is 3.68. The molecule has 0 unspecified atom stereocenters. The van der Waals surface area contributed by atoms with Gasteiger partial charge in [-0.3, -0.25) is 0 Å². The van der Waals surface area contributed by atoms with Crippen molar-refractivity contribution in [3.63, 3.8) is 0 Å². The van der Waals surface area contributed by atoms with Crippen LogP contribution in [0.3, 0.4) is 0 Å². The summed E-state index contributed by atoms with van der Waals surface area (Å²) in [5.41, 5.74) is 10.4. The van der Waals surface area contributed by atoms with Crippen LogP contribution in [0.5, 0.6) is 0 Å². The lowest BCUT2D eigenvalue weighted by molar-refractivity contribution is 0.707. The first-order valence-electron chi connectivity index (χ1n) is 6.84. The van der Waals surface area contributed by atoms with Gasteiger partial charge in [-0.2, -0.15) is 9.78 Å². The second-order valence-electron chi connectivity index (χ2n) is 5.22. The Bertz CT molecular complexity index is 615. The van der Waals surface area contributed by atoms with Crippen LogP contribution in [0, 0.1) is 13.8 Å². The molecule has 1 aliphatic rings. The summed E-state index contributed by atoms with van der Waals surface area (Å²) in [5.74, 6) is 1.19. The van der Waals surface area contributed by atoms with Crippen molar-refractivity contribution in [2.45, 2.75) is 46.0 Å². The SMILES string of the molecule is Cc1cc(N)n(-c2nc(C)c3c(n2)CCCCC3)n1. The molecule has 0 radical (unpaired) electrons. The smallest absolute Gasteiger partial charge is 0.252 e. The van der Waals surface area contributed by atoms with Crippen molar-refractivity contribution in [2.75, 3.05) is 5.73 Å². The predicted octanol–water partition coefficient (Wildman–Crippen LogP) is 2.13. The van der Waals surface area contributed by atoms with Gasteiger partial charge >= 0.3 is 0 Å². The lowest BCUT2D eigenvalue weighted by Gasteiger charge is -2.11. The first-order valence-corrected chi connectivity index (χ1v) is 6.84. The molecule has 0 amide bonds. The molecule has 0 aliphatic heterocycles. The maximum atomic E-state index is 5.95. The van der Waals surface area contributed by atoms with E-state index in [1.54, 1.807) is 4.68 Å². The third kappa shape index (κ3) is 2.20. The van der Waals surface area contributed by atoms with Crippen LogP contribution < -0.4 is 5.73 Å². The topological polar surface area (TPSA) is 69.6 Å². The Kier molecular flexibility index (Phi) is 2.97. The Labute approximate surface area is 112 Å². The lowest BCUT2D eigenvalue weighted by atomic mass is 10.1. The molecule has 2 heterocycles. The van der Waals surface area contributed by atoms with Crippen LogP contribution in [-0.4, -0.2) is 19.7 Å². The number of aromatic nitrogens is 4. The Balaban J connectivity index is 2.11. The molecule has 2 aromatic heterocycles. The molecule has 0 fully saturated rings. The first-order chi connectivity index (χ1) is 9.15. The van der Waals surface area contributed by atoms with Gasteiger partial charge in [-0.25, -0.2) is 9.97 Å². The van der Waals surface area contributed by atoms with Gasteiger partial charge in [0.2, 0.25) is 0 Å². The largest absolute Gasteiger partial charge is 0.383 e. The number of nitrogen functional groups attached to an aromatic ring is 1. The van der Waals surface area contributed by atoms with Gasteiger partial charge < -0.3 is 5.73 Å². The van der Waals surface area contributed by atoms with Gasteiger partial charge in [0.05, 0.1) is 5.69 Å². The number of aryl methyl sites for hydroxylation is 3. The van der Waals surface area contributed by atoms with Crippen LogP contribution in [0.4, 0.5) is 5.82 Å². The second kappa shape index (κ2) is 4.64. The predicted molar refractivity (Wildman–Crippen MR) is 74.3 cm³/mol. The summed E-state index contributed by atoms with van der Waals surface area (Å²) >= 11 is 0. The number of rotatable bonds is 1. The van der Waals surface area contributed by atoms with Crippen LogP contribution in [-0.2, 0) is 12.8 Å². The molecule has 3 rings (SSSR count). The molecule has 0 spiro atoms. The summed E-state index contributed by atoms with van der Waals surface area (Å²) < 4.78 is 1.63. The van der Waals surface area contributed by atoms with E-state index in [0.29, 0.717) is 11.8 Å². The average Bonchev–Trinajstić information content (AvgIpc) is 2.59. The fourth-order valence-corrected chi connectivity index (χ4v) is 2.72. The summed E-state index contributed by atoms with van der Waals surface area (Å²) in [5, 5.41) is 4.36. The molecule has 1 aliphatic carbocycles. The van der Waals surface area contributed by atoms with E-state index in [-0.39, 0.29) is 0 Å². The molecule has 0 saturated heterocycles. The highest BCUT2D eigenvalue weighted by molar-refractivity contribution is 5.38. The quantitative estimate of drug-likeness (QED) is 0.794. The molecular weight excluding hydrogens is 238 g/mol. The second-order valence-corrected chi connectivity index (χ2v) is 5.22. The molecule has 0 aromatic carbocycles. The maximum Gasteiger partial charge on any atom is 0.252 e. The van der Waals surface area contributed by atoms with Crippen molar-refractivity contribution in [1.82, 2.24) is 19.7 Å². The number of nitrogens with two attached hydrogens (primary N) is 1. The van der Waals surface area contributed by atoms with Crippen molar-refractivity contribution in [2.24, 2.45) is 0 Å². The van der Waals surface area contributed by atoms with E-state index in [2.05, 4.69) is 22.0 Å². The molecular formula is C14H19N5. The van der Waals surface area contributed by atoms with Gasteiger partial charge in [0.1, 0.15) is 5.82 Å². The maximum absolute atomic E-state index is 5.95. The monoisotopic (exact) mass is 257 g/mol. The summed E-state index contributed by atoms with van der Waals surface area (Å²) in [4.78, 5) is 9.27. The molecule has 5 heteroatoms. The van der Waals surface area contributed by atoms with E-state index in [4.69, 9.17) is 5.73 Å². The minimum absolute atomic E-state index is 0.588. The Hall–Kier alpha value is -1.91. The fourth-order valence-electron chi connectivity index (χ4n) is 2.72. The number of hydrogen-bond donors (Lipinski definition) is 1. The molecule has 100 valence electrons. The zero-order chi connectivity index (χ0) is 13.4. The van der Waals surface area contributed by atoms with Gasteiger partial charge in [0, 0.05) is 17.5 Å². The van der Waals surface area contributed by atoms with Gasteiger partial charge in [-0.1, -0.05) is 6.42 Å². The van der Waals surface area contributed by atoms with Crippen LogP contribution in [0.15, 0.2) is 6.07 Å². The Morgan fingerprint density at radius 1 is 1.11 bits per heavy atom. The zero-order valence-corrected chi connectivity index (χ0v) is 11.5.